The van der Waals surface area contributed by atoms with E-state index < -0.39 is 0 Å². The predicted octanol–water partition coefficient (Wildman–Crippen LogP) is 4.56. The Morgan fingerprint density at radius 1 is 1.30 bits per heavy atom. The highest BCUT2D eigenvalue weighted by Crippen LogP contribution is 2.23. The van der Waals surface area contributed by atoms with Crippen molar-refractivity contribution >= 4 is 44.9 Å². The molecule has 1 aromatic carbocycles. The number of hydrogen-bond acceptors (Lipinski definition) is 3. The normalized spacial score (nSPS) is 10.7. The first-order valence-electron chi connectivity index (χ1n) is 6.14. The molecule has 0 aliphatic carbocycles. The van der Waals surface area contributed by atoms with Gasteiger partial charge in [0, 0.05) is 16.6 Å². The van der Waals surface area contributed by atoms with Crippen LogP contribution in [0.4, 0.5) is 5.69 Å². The second kappa shape index (κ2) is 7.26. The number of ether oxygens (including phenoxy) is 1. The molecule has 3 nitrogen and oxygen atoms in total. The van der Waals surface area contributed by atoms with Gasteiger partial charge in [0.15, 0.2) is 0 Å². The van der Waals surface area contributed by atoms with Crippen LogP contribution in [0.25, 0.3) is 6.08 Å². The quantitative estimate of drug-likeness (QED) is 0.801. The zero-order valence-electron chi connectivity index (χ0n) is 10.9. The molecule has 0 fully saturated rings. The number of benzene rings is 1. The molecule has 0 bridgehead atoms. The van der Waals surface area contributed by atoms with Crippen molar-refractivity contribution in [1.82, 2.24) is 0 Å². The summed E-state index contributed by atoms with van der Waals surface area (Å²) in [7, 11) is 0. The van der Waals surface area contributed by atoms with Crippen molar-refractivity contribution < 1.29 is 9.53 Å². The Bertz CT molecular complexity index is 605. The molecule has 1 N–H and O–H groups in total. The van der Waals surface area contributed by atoms with Gasteiger partial charge in [-0.25, -0.2) is 0 Å². The molecule has 0 aliphatic heterocycles. The minimum atomic E-state index is -0.154. The third-order valence-corrected chi connectivity index (χ3v) is 4.01. The van der Waals surface area contributed by atoms with Gasteiger partial charge in [-0.2, -0.15) is 0 Å². The molecule has 1 amide bonds. The summed E-state index contributed by atoms with van der Waals surface area (Å²) in [5.41, 5.74) is 0.746. The van der Waals surface area contributed by atoms with Crippen molar-refractivity contribution in [1.29, 1.82) is 0 Å². The topological polar surface area (TPSA) is 38.3 Å². The third-order valence-electron chi connectivity index (χ3n) is 2.43. The van der Waals surface area contributed by atoms with Crippen LogP contribution in [0.1, 0.15) is 11.8 Å². The standard InChI is InChI=1S/C15H14BrNO2S/c1-2-19-12-5-3-11(4-6-12)17-15(18)10-8-13-7-9-14(16)20-13/h3-10H,2H2,1H3,(H,17,18)/b10-8+. The Morgan fingerprint density at radius 3 is 2.65 bits per heavy atom. The Kier molecular flexibility index (Phi) is 5.38. The predicted molar refractivity (Wildman–Crippen MR) is 87.3 cm³/mol. The third kappa shape index (κ3) is 4.51. The second-order valence-corrected chi connectivity index (χ2v) is 6.42. The molecular formula is C15H14BrNO2S. The maximum atomic E-state index is 11.8. The van der Waals surface area contributed by atoms with Crippen LogP contribution < -0.4 is 10.1 Å². The van der Waals surface area contributed by atoms with E-state index in [-0.39, 0.29) is 5.91 Å². The van der Waals surface area contributed by atoms with Gasteiger partial charge < -0.3 is 10.1 Å². The van der Waals surface area contributed by atoms with Crippen LogP contribution in [0.2, 0.25) is 0 Å². The van der Waals surface area contributed by atoms with E-state index in [1.165, 1.54) is 6.08 Å². The van der Waals surface area contributed by atoms with Crippen LogP contribution in [0.5, 0.6) is 5.75 Å². The van der Waals surface area contributed by atoms with Crippen LogP contribution in [-0.2, 0) is 4.79 Å². The van der Waals surface area contributed by atoms with Crippen LogP contribution in [-0.4, -0.2) is 12.5 Å². The van der Waals surface area contributed by atoms with Crippen LogP contribution in [0, 0.1) is 0 Å². The van der Waals surface area contributed by atoms with Crippen molar-refractivity contribution in [3.63, 3.8) is 0 Å². The van der Waals surface area contributed by atoms with Crippen molar-refractivity contribution in [2.45, 2.75) is 6.92 Å². The van der Waals surface area contributed by atoms with E-state index in [9.17, 15) is 4.79 Å². The lowest BCUT2D eigenvalue weighted by molar-refractivity contribution is -0.111. The number of thiophene rings is 1. The van der Waals surface area contributed by atoms with Crippen molar-refractivity contribution in [2.24, 2.45) is 0 Å². The number of nitrogens with one attached hydrogen (secondary N) is 1. The fraction of sp³-hybridized carbons (Fsp3) is 0.133. The molecule has 2 rings (SSSR count). The molecular weight excluding hydrogens is 338 g/mol. The molecule has 0 saturated carbocycles. The van der Waals surface area contributed by atoms with Gasteiger partial charge >= 0.3 is 0 Å². The van der Waals surface area contributed by atoms with Crippen LogP contribution in [0.15, 0.2) is 46.3 Å². The molecule has 20 heavy (non-hydrogen) atoms. The summed E-state index contributed by atoms with van der Waals surface area (Å²) in [6.07, 6.45) is 3.31. The van der Waals surface area contributed by atoms with Gasteiger partial charge in [-0.15, -0.1) is 11.3 Å². The SMILES string of the molecule is CCOc1ccc(NC(=O)/C=C/c2ccc(Br)s2)cc1. The molecule has 5 heteroatoms. The molecule has 0 spiro atoms. The minimum Gasteiger partial charge on any atom is -0.494 e. The Morgan fingerprint density at radius 2 is 2.05 bits per heavy atom. The monoisotopic (exact) mass is 351 g/mol. The molecule has 104 valence electrons. The summed E-state index contributed by atoms with van der Waals surface area (Å²) >= 11 is 4.96. The van der Waals surface area contributed by atoms with Gasteiger partial charge in [0.25, 0.3) is 0 Å². The van der Waals surface area contributed by atoms with E-state index in [0.717, 1.165) is 20.1 Å². The summed E-state index contributed by atoms with van der Waals surface area (Å²) in [4.78, 5) is 12.8. The highest BCUT2D eigenvalue weighted by atomic mass is 79.9. The maximum Gasteiger partial charge on any atom is 0.248 e. The lowest BCUT2D eigenvalue weighted by atomic mass is 10.3. The average molecular weight is 352 g/mol. The van der Waals surface area contributed by atoms with Crippen molar-refractivity contribution in [2.75, 3.05) is 11.9 Å². The van der Waals surface area contributed by atoms with Gasteiger partial charge in [-0.3, -0.25) is 4.79 Å². The number of halogens is 1. The van der Waals surface area contributed by atoms with E-state index in [4.69, 9.17) is 4.74 Å². The first kappa shape index (κ1) is 14.8. The zero-order valence-corrected chi connectivity index (χ0v) is 13.3. The van der Waals surface area contributed by atoms with Gasteiger partial charge in [0.05, 0.1) is 10.4 Å². The summed E-state index contributed by atoms with van der Waals surface area (Å²) in [5.74, 6) is 0.642. The molecule has 0 unspecified atom stereocenters. The van der Waals surface area contributed by atoms with Crippen LogP contribution >= 0.6 is 27.3 Å². The number of hydrogen-bond donors (Lipinski definition) is 1. The molecule has 0 aliphatic rings. The first-order chi connectivity index (χ1) is 9.67. The average Bonchev–Trinajstić information content (AvgIpc) is 2.85. The largest absolute Gasteiger partial charge is 0.494 e. The zero-order chi connectivity index (χ0) is 14.4. The van der Waals surface area contributed by atoms with E-state index >= 15 is 0 Å². The first-order valence-corrected chi connectivity index (χ1v) is 7.75. The lowest BCUT2D eigenvalue weighted by Crippen LogP contribution is -2.07. The molecule has 0 radical (unpaired) electrons. The van der Waals surface area contributed by atoms with Gasteiger partial charge in [-0.1, -0.05) is 0 Å². The number of carbonyl (C=O) groups is 1. The van der Waals surface area contributed by atoms with Gasteiger partial charge in [0.2, 0.25) is 5.91 Å². The number of amides is 1. The lowest BCUT2D eigenvalue weighted by Gasteiger charge is -2.05. The van der Waals surface area contributed by atoms with E-state index in [0.29, 0.717) is 6.61 Å². The highest BCUT2D eigenvalue weighted by molar-refractivity contribution is 9.11. The fourth-order valence-electron chi connectivity index (χ4n) is 1.56. The number of rotatable bonds is 5. The summed E-state index contributed by atoms with van der Waals surface area (Å²) in [6, 6.07) is 11.2. The number of anilines is 1. The highest BCUT2D eigenvalue weighted by Gasteiger charge is 1.99. The maximum absolute atomic E-state index is 11.8. The number of carbonyl (C=O) groups excluding carboxylic acids is 1. The van der Waals surface area contributed by atoms with Gasteiger partial charge in [0.1, 0.15) is 5.75 Å². The Balaban J connectivity index is 1.92. The Labute approximate surface area is 130 Å². The molecule has 0 atom stereocenters. The summed E-state index contributed by atoms with van der Waals surface area (Å²) in [5, 5.41) is 2.80. The molecule has 1 heterocycles. The van der Waals surface area contributed by atoms with Crippen molar-refractivity contribution in [3.05, 3.63) is 51.1 Å². The van der Waals surface area contributed by atoms with Crippen LogP contribution in [0.3, 0.4) is 0 Å². The van der Waals surface area contributed by atoms with E-state index in [1.54, 1.807) is 17.4 Å². The Hall–Kier alpha value is -1.59. The summed E-state index contributed by atoms with van der Waals surface area (Å²) in [6.45, 7) is 2.56. The van der Waals surface area contributed by atoms with Gasteiger partial charge in [-0.05, 0) is 65.3 Å². The second-order valence-electron chi connectivity index (χ2n) is 3.92. The molecule has 1 aromatic heterocycles. The minimum absolute atomic E-state index is 0.154. The summed E-state index contributed by atoms with van der Waals surface area (Å²) < 4.78 is 6.39. The van der Waals surface area contributed by atoms with Crippen molar-refractivity contribution in [3.8, 4) is 5.75 Å². The van der Waals surface area contributed by atoms with E-state index in [2.05, 4.69) is 21.2 Å². The smallest absolute Gasteiger partial charge is 0.248 e. The molecule has 0 saturated heterocycles. The fourth-order valence-corrected chi connectivity index (χ4v) is 2.89. The molecule has 2 aromatic rings. The van der Waals surface area contributed by atoms with E-state index in [1.807, 2.05) is 43.3 Å².